The molecule has 0 aromatic heterocycles. The predicted octanol–water partition coefficient (Wildman–Crippen LogP) is 3.07. The molecule has 1 aromatic rings. The van der Waals surface area contributed by atoms with E-state index < -0.39 is 196 Å². The molecule has 6 heterocycles. The Labute approximate surface area is 589 Å². The van der Waals surface area contributed by atoms with Crippen molar-refractivity contribution in [2.45, 2.75) is 227 Å². The monoisotopic (exact) mass is 1410 g/mol. The normalized spacial score (nSPS) is 27.0. The number of fused-ring (bicyclic) bond motifs is 4. The first-order chi connectivity index (χ1) is 47.0. The highest BCUT2D eigenvalue weighted by atomic mass is 16.6. The quantitative estimate of drug-likeness (QED) is 0.144. The summed E-state index contributed by atoms with van der Waals surface area (Å²) >= 11 is 0. The first kappa shape index (κ1) is 77.9. The maximum Gasteiger partial charge on any atom is 0.329 e. The zero-order valence-corrected chi connectivity index (χ0v) is 61.9. The SMILES string of the molecule is Cc1c2oc3c(C)ccc(C(=O)N[C@@H]4C(=O)N[C@H](C(C)C)C(=O)N5CCC[C@H]5C(=O)N(C)CC(=O)N(C)[C@@H](C(C)C)C(=O)O[C@@H]4C)c3nc-2c(C(=O)N[C@@H]2C(=O)N[C@H](C(C)C)C(=O)N3CCC[C@H]3C(=O)N(C)CC(=O)N(C)[C@@H](C(C)C)C(=O)O[C@@H]2C)c(NC2CC(C)(C)N([O-])C(C)(C)C2)c1=O. The second-order valence-corrected chi connectivity index (χ2v) is 30.7. The van der Waals surface area contributed by atoms with Crippen LogP contribution in [0, 0.1) is 42.7 Å². The summed E-state index contributed by atoms with van der Waals surface area (Å²) in [5.74, 6) is -12.5. The highest BCUT2D eigenvalue weighted by Crippen LogP contribution is 2.41. The molecule has 5 saturated heterocycles. The summed E-state index contributed by atoms with van der Waals surface area (Å²) in [5.41, 5.74) is -4.47. The summed E-state index contributed by atoms with van der Waals surface area (Å²) in [4.78, 5) is 204. The Bertz CT molecular complexity index is 3790. The summed E-state index contributed by atoms with van der Waals surface area (Å²) in [6, 6.07) is -8.78. The lowest BCUT2D eigenvalue weighted by molar-refractivity contribution is -0.163. The van der Waals surface area contributed by atoms with Crippen LogP contribution in [0.2, 0.25) is 0 Å². The molecular formula is C71H102N13O17-. The molecule has 1 aromatic carbocycles. The van der Waals surface area contributed by atoms with E-state index in [0.29, 0.717) is 18.4 Å². The van der Waals surface area contributed by atoms with Crippen molar-refractivity contribution in [3.63, 3.8) is 0 Å². The number of piperidine rings is 1. The summed E-state index contributed by atoms with van der Waals surface area (Å²) in [6.07, 6.45) is -1.50. The summed E-state index contributed by atoms with van der Waals surface area (Å²) in [6.45, 7) is 25.4. The van der Waals surface area contributed by atoms with Gasteiger partial charge in [-0.3, -0.25) is 52.7 Å². The molecule has 8 rings (SSSR count). The third-order valence-electron chi connectivity index (χ3n) is 20.4. The van der Waals surface area contributed by atoms with Crippen LogP contribution in [-0.4, -0.2) is 242 Å². The van der Waals surface area contributed by atoms with Crippen molar-refractivity contribution in [2.75, 3.05) is 59.7 Å². The molecule has 7 aliphatic rings. The number of aromatic nitrogens is 1. The minimum atomic E-state index is -1.93. The Hall–Kier alpha value is -8.80. The molecule has 30 heteroatoms. The Morgan fingerprint density at radius 1 is 0.614 bits per heavy atom. The van der Waals surface area contributed by atoms with E-state index in [-0.39, 0.29) is 78.1 Å². The van der Waals surface area contributed by atoms with E-state index in [0.717, 1.165) is 14.9 Å². The fourth-order valence-electron chi connectivity index (χ4n) is 15.0. The summed E-state index contributed by atoms with van der Waals surface area (Å²) in [5, 5.41) is 29.1. The number of cyclic esters (lactones) is 2. The largest absolute Gasteiger partial charge is 0.784 e. The van der Waals surface area contributed by atoms with Gasteiger partial charge < -0.3 is 80.1 Å². The van der Waals surface area contributed by atoms with Crippen LogP contribution in [0.5, 0.6) is 0 Å². The number of anilines is 1. The number of amides is 10. The van der Waals surface area contributed by atoms with Crippen LogP contribution in [0.1, 0.15) is 167 Å². The Kier molecular flexibility index (Phi) is 23.5. The number of benzene rings is 2. The number of esters is 2. The molecule has 0 radical (unpaired) electrons. The van der Waals surface area contributed by atoms with E-state index in [1.54, 1.807) is 90.0 Å². The molecule has 5 N–H and O–H groups in total. The molecule has 1 aliphatic carbocycles. The molecule has 554 valence electrons. The van der Waals surface area contributed by atoms with Crippen LogP contribution in [0.15, 0.2) is 21.3 Å². The third-order valence-corrected chi connectivity index (χ3v) is 20.4. The van der Waals surface area contributed by atoms with Gasteiger partial charge in [-0.15, -0.1) is 0 Å². The number of hydrogen-bond acceptors (Lipinski definition) is 20. The second kappa shape index (κ2) is 30.4. The van der Waals surface area contributed by atoms with E-state index in [2.05, 4.69) is 26.6 Å². The fraction of sp³-hybridized carbons (Fsp3) is 0.662. The first-order valence-corrected chi connectivity index (χ1v) is 34.9. The molecule has 0 bridgehead atoms. The lowest BCUT2D eigenvalue weighted by Gasteiger charge is -2.60. The summed E-state index contributed by atoms with van der Waals surface area (Å²) < 4.78 is 18.8. The number of aryl methyl sites for hydroxylation is 1. The molecule has 0 unspecified atom stereocenters. The van der Waals surface area contributed by atoms with E-state index >= 15 is 24.0 Å². The molecule has 10 amide bonds. The van der Waals surface area contributed by atoms with Gasteiger partial charge in [-0.1, -0.05) is 61.5 Å². The van der Waals surface area contributed by atoms with Crippen molar-refractivity contribution >= 4 is 87.8 Å². The number of hydrogen-bond donors (Lipinski definition) is 5. The van der Waals surface area contributed by atoms with Crippen molar-refractivity contribution in [1.29, 1.82) is 0 Å². The predicted molar refractivity (Wildman–Crippen MR) is 371 cm³/mol. The van der Waals surface area contributed by atoms with Crippen molar-refractivity contribution < 1.29 is 71.4 Å². The Balaban J connectivity index is 1.30. The maximum absolute atomic E-state index is 16.1. The van der Waals surface area contributed by atoms with Gasteiger partial charge in [0.1, 0.15) is 71.8 Å². The lowest BCUT2D eigenvalue weighted by Crippen LogP contribution is -2.61. The van der Waals surface area contributed by atoms with Crippen LogP contribution < -0.4 is 32.0 Å². The van der Waals surface area contributed by atoms with Crippen LogP contribution in [0.3, 0.4) is 0 Å². The van der Waals surface area contributed by atoms with Crippen molar-refractivity contribution in [3.05, 3.63) is 49.8 Å². The lowest BCUT2D eigenvalue weighted by atomic mass is 9.78. The van der Waals surface area contributed by atoms with Gasteiger partial charge in [0.2, 0.25) is 52.7 Å². The third kappa shape index (κ3) is 15.8. The number of hydroxylamine groups is 2. The highest BCUT2D eigenvalue weighted by molar-refractivity contribution is 6.11. The van der Waals surface area contributed by atoms with Gasteiger partial charge in [0, 0.05) is 64.0 Å². The van der Waals surface area contributed by atoms with Gasteiger partial charge in [0.15, 0.2) is 11.3 Å². The Morgan fingerprint density at radius 2 is 1.04 bits per heavy atom. The van der Waals surface area contributed by atoms with Gasteiger partial charge in [-0.25, -0.2) is 14.6 Å². The molecule has 5 fully saturated rings. The molecule has 101 heavy (non-hydrogen) atoms. The number of nitrogens with zero attached hydrogens (tertiary/aromatic N) is 8. The first-order valence-electron chi connectivity index (χ1n) is 34.9. The van der Waals surface area contributed by atoms with E-state index in [1.807, 2.05) is 0 Å². The standard InChI is InChI=1S/C71H102N13O17/c1-33(2)48-66(94)82-27-21-23-43(82)64(92)78(17)31-45(85)80(19)55(35(5)6)68(96)99-39(11)50(62(90)74-48)76-60(88)42-26-25-37(9)58-52(42)73-54-47(53(57(87)38(10)59(54)101-58)72-41-29-70(13,14)84(98)71(15,16)30-41)61(89)77-51-40(12)100-69(97)56(36(7)8)81(20)46(86)32-79(18)65(93)44-24-22-28-83(44)67(95)49(34(3)4)75-63(51)91/h25-26,33-36,39-41,43-44,48-51,55-56,72H,21-24,27-32H2,1-20H3,(H,74,90)(H,75,91)(H,76,88)(H,77,89)/q-1/t39-,40-,43+,44+,48-,49-,50+,51+,55+,56+/m1/s1. The number of rotatable bonds is 10. The van der Waals surface area contributed by atoms with Crippen LogP contribution >= 0.6 is 0 Å². The van der Waals surface area contributed by atoms with E-state index in [4.69, 9.17) is 18.9 Å². The number of carbonyl (C=O) groups excluding carboxylic acids is 12. The molecule has 10 atom stereocenters. The zero-order valence-electron chi connectivity index (χ0n) is 61.9. The van der Waals surface area contributed by atoms with Gasteiger partial charge in [0.05, 0.1) is 29.9 Å². The average molecular weight is 1410 g/mol. The number of likely N-dealkylation sites (N-methyl/N-ethyl adjacent to an activating group) is 4. The number of nitrogens with one attached hydrogen (secondary N) is 5. The number of carbonyl (C=O) groups is 12. The van der Waals surface area contributed by atoms with Gasteiger partial charge in [-0.2, -0.15) is 0 Å². The minimum absolute atomic E-state index is 0.0786. The molecular weight excluding hydrogens is 1310 g/mol. The molecule has 30 nitrogen and oxygen atoms in total. The maximum atomic E-state index is 16.1. The van der Waals surface area contributed by atoms with Crippen LogP contribution in [0.25, 0.3) is 22.6 Å². The highest BCUT2D eigenvalue weighted by Gasteiger charge is 2.48. The van der Waals surface area contributed by atoms with E-state index in [1.165, 1.54) is 80.7 Å². The summed E-state index contributed by atoms with van der Waals surface area (Å²) in [7, 11) is 5.61. The van der Waals surface area contributed by atoms with Crippen molar-refractivity contribution in [1.82, 2.24) is 60.7 Å². The second-order valence-electron chi connectivity index (χ2n) is 30.7. The topological polar surface area (TPSA) is 372 Å². The molecule has 0 spiro atoms. The van der Waals surface area contributed by atoms with E-state index in [9.17, 15) is 43.6 Å². The van der Waals surface area contributed by atoms with Crippen molar-refractivity contribution in [3.8, 4) is 11.5 Å². The van der Waals surface area contributed by atoms with Gasteiger partial charge >= 0.3 is 11.9 Å². The van der Waals surface area contributed by atoms with Gasteiger partial charge in [-0.05, 0) is 129 Å². The molecule has 0 saturated carbocycles. The van der Waals surface area contributed by atoms with Crippen molar-refractivity contribution in [2.24, 2.45) is 23.7 Å². The zero-order chi connectivity index (χ0) is 75.3. The molecule has 6 aliphatic heterocycles. The fourth-order valence-corrected chi connectivity index (χ4v) is 15.0. The Morgan fingerprint density at radius 3 is 1.46 bits per heavy atom. The smallest absolute Gasteiger partial charge is 0.329 e. The van der Waals surface area contributed by atoms with Crippen LogP contribution in [-0.2, 0) is 57.4 Å². The van der Waals surface area contributed by atoms with Gasteiger partial charge in [0.25, 0.3) is 11.8 Å². The number of ether oxygens (including phenoxy) is 2. The average Bonchev–Trinajstić information content (AvgIpc) is 1.42. The van der Waals surface area contributed by atoms with Crippen LogP contribution in [0.4, 0.5) is 5.69 Å². The minimum Gasteiger partial charge on any atom is -0.784 e.